The van der Waals surface area contributed by atoms with Gasteiger partial charge in [0.15, 0.2) is 0 Å². The Bertz CT molecular complexity index is 342. The summed E-state index contributed by atoms with van der Waals surface area (Å²) in [6.07, 6.45) is 2.32. The van der Waals surface area contributed by atoms with Crippen LogP contribution in [0.25, 0.3) is 0 Å². The number of rotatable bonds is 5. The maximum absolute atomic E-state index is 11.3. The minimum atomic E-state index is -0.149. The monoisotopic (exact) mass is 220 g/mol. The zero-order valence-corrected chi connectivity index (χ0v) is 10.3. The molecule has 0 fully saturated rings. The van der Waals surface area contributed by atoms with Crippen molar-refractivity contribution in [2.75, 3.05) is 0 Å². The van der Waals surface area contributed by atoms with Gasteiger partial charge in [-0.2, -0.15) is 0 Å². The molecule has 0 saturated carbocycles. The number of carbonyl (C=O) groups excluding carboxylic acids is 1. The first-order chi connectivity index (χ1) is 7.61. The number of benzene rings is 1. The van der Waals surface area contributed by atoms with Crippen LogP contribution >= 0.6 is 0 Å². The summed E-state index contributed by atoms with van der Waals surface area (Å²) in [5.41, 5.74) is 1.22. The van der Waals surface area contributed by atoms with Crippen LogP contribution in [0.2, 0.25) is 0 Å². The molecule has 88 valence electrons. The SMILES string of the molecule is CCCC(=O)Oc1cccc(CC(C)C)c1. The number of carbonyl (C=O) groups is 1. The van der Waals surface area contributed by atoms with Crippen LogP contribution in [-0.4, -0.2) is 5.97 Å². The molecule has 2 nitrogen and oxygen atoms in total. The third-order valence-electron chi connectivity index (χ3n) is 2.23. The standard InChI is InChI=1S/C14H20O2/c1-4-6-14(15)16-13-8-5-7-12(10-13)9-11(2)3/h5,7-8,10-11H,4,6,9H2,1-3H3. The average molecular weight is 220 g/mol. The molecule has 0 aliphatic rings. The van der Waals surface area contributed by atoms with Gasteiger partial charge in [0.1, 0.15) is 5.75 Å². The maximum Gasteiger partial charge on any atom is 0.311 e. The predicted octanol–water partition coefficient (Wildman–Crippen LogP) is 3.59. The zero-order valence-electron chi connectivity index (χ0n) is 10.3. The third kappa shape index (κ3) is 4.47. The van der Waals surface area contributed by atoms with Gasteiger partial charge >= 0.3 is 5.97 Å². The van der Waals surface area contributed by atoms with Gasteiger partial charge in [0.25, 0.3) is 0 Å². The molecule has 0 aromatic heterocycles. The molecule has 0 amide bonds. The summed E-state index contributed by atoms with van der Waals surface area (Å²) in [5, 5.41) is 0. The second-order valence-electron chi connectivity index (χ2n) is 4.47. The van der Waals surface area contributed by atoms with Gasteiger partial charge in [0.05, 0.1) is 0 Å². The van der Waals surface area contributed by atoms with Crippen LogP contribution in [0.1, 0.15) is 39.2 Å². The Morgan fingerprint density at radius 2 is 2.12 bits per heavy atom. The molecule has 0 aliphatic carbocycles. The van der Waals surface area contributed by atoms with E-state index in [9.17, 15) is 4.79 Å². The van der Waals surface area contributed by atoms with Crippen molar-refractivity contribution in [3.05, 3.63) is 29.8 Å². The fraction of sp³-hybridized carbons (Fsp3) is 0.500. The summed E-state index contributed by atoms with van der Waals surface area (Å²) in [4.78, 5) is 11.3. The zero-order chi connectivity index (χ0) is 12.0. The third-order valence-corrected chi connectivity index (χ3v) is 2.23. The van der Waals surface area contributed by atoms with Gasteiger partial charge < -0.3 is 4.74 Å². The molecule has 0 N–H and O–H groups in total. The Balaban J connectivity index is 2.63. The number of ether oxygens (including phenoxy) is 1. The van der Waals surface area contributed by atoms with E-state index in [4.69, 9.17) is 4.74 Å². The fourth-order valence-corrected chi connectivity index (χ4v) is 1.59. The molecule has 0 radical (unpaired) electrons. The maximum atomic E-state index is 11.3. The molecule has 0 saturated heterocycles. The van der Waals surface area contributed by atoms with Crippen molar-refractivity contribution in [1.82, 2.24) is 0 Å². The van der Waals surface area contributed by atoms with Crippen molar-refractivity contribution in [2.24, 2.45) is 5.92 Å². The average Bonchev–Trinajstić information content (AvgIpc) is 2.17. The van der Waals surface area contributed by atoms with Crippen molar-refractivity contribution in [3.8, 4) is 5.75 Å². The summed E-state index contributed by atoms with van der Waals surface area (Å²) in [6, 6.07) is 7.79. The van der Waals surface area contributed by atoms with Crippen LogP contribution in [-0.2, 0) is 11.2 Å². The smallest absolute Gasteiger partial charge is 0.311 e. The first-order valence-corrected chi connectivity index (χ1v) is 5.91. The summed E-state index contributed by atoms with van der Waals surface area (Å²) < 4.78 is 5.24. The Morgan fingerprint density at radius 3 is 2.75 bits per heavy atom. The second-order valence-corrected chi connectivity index (χ2v) is 4.47. The Kier molecular flexibility index (Phi) is 5.03. The van der Waals surface area contributed by atoms with Crippen LogP contribution in [0.5, 0.6) is 5.75 Å². The van der Waals surface area contributed by atoms with Crippen molar-refractivity contribution < 1.29 is 9.53 Å². The van der Waals surface area contributed by atoms with Crippen LogP contribution in [0, 0.1) is 5.92 Å². The van der Waals surface area contributed by atoms with Crippen molar-refractivity contribution in [2.45, 2.75) is 40.0 Å². The highest BCUT2D eigenvalue weighted by molar-refractivity contribution is 5.72. The van der Waals surface area contributed by atoms with Gasteiger partial charge in [0, 0.05) is 6.42 Å². The topological polar surface area (TPSA) is 26.3 Å². The van der Waals surface area contributed by atoms with E-state index in [-0.39, 0.29) is 5.97 Å². The molecule has 0 unspecified atom stereocenters. The molecule has 2 heteroatoms. The Labute approximate surface area is 97.6 Å². The largest absolute Gasteiger partial charge is 0.427 e. The number of hydrogen-bond donors (Lipinski definition) is 0. The molecular weight excluding hydrogens is 200 g/mol. The quantitative estimate of drug-likeness (QED) is 0.560. The van der Waals surface area contributed by atoms with E-state index >= 15 is 0 Å². The van der Waals surface area contributed by atoms with Crippen LogP contribution in [0.15, 0.2) is 24.3 Å². The molecule has 1 aromatic carbocycles. The first kappa shape index (κ1) is 12.8. The van der Waals surface area contributed by atoms with E-state index in [1.54, 1.807) is 0 Å². The van der Waals surface area contributed by atoms with E-state index in [1.807, 2.05) is 25.1 Å². The number of esters is 1. The Morgan fingerprint density at radius 1 is 1.38 bits per heavy atom. The molecule has 0 bridgehead atoms. The highest BCUT2D eigenvalue weighted by Crippen LogP contribution is 2.16. The van der Waals surface area contributed by atoms with E-state index in [2.05, 4.69) is 19.9 Å². The van der Waals surface area contributed by atoms with Gasteiger partial charge in [-0.15, -0.1) is 0 Å². The molecule has 1 rings (SSSR count). The molecule has 0 aliphatic heterocycles. The molecule has 16 heavy (non-hydrogen) atoms. The summed E-state index contributed by atoms with van der Waals surface area (Å²) in [6.45, 7) is 6.32. The molecule has 1 aromatic rings. The van der Waals surface area contributed by atoms with Gasteiger partial charge in [0.2, 0.25) is 0 Å². The first-order valence-electron chi connectivity index (χ1n) is 5.91. The van der Waals surface area contributed by atoms with Gasteiger partial charge in [-0.1, -0.05) is 32.9 Å². The molecule has 0 atom stereocenters. The molecular formula is C14H20O2. The van der Waals surface area contributed by atoms with Crippen LogP contribution in [0.3, 0.4) is 0 Å². The van der Waals surface area contributed by atoms with E-state index in [0.717, 1.165) is 12.8 Å². The van der Waals surface area contributed by atoms with Crippen LogP contribution in [0.4, 0.5) is 0 Å². The minimum Gasteiger partial charge on any atom is -0.427 e. The molecule has 0 heterocycles. The van der Waals surface area contributed by atoms with Gasteiger partial charge in [-0.3, -0.25) is 4.79 Å². The van der Waals surface area contributed by atoms with Crippen molar-refractivity contribution in [1.29, 1.82) is 0 Å². The second kappa shape index (κ2) is 6.31. The number of hydrogen-bond acceptors (Lipinski definition) is 2. The van der Waals surface area contributed by atoms with E-state index < -0.39 is 0 Å². The van der Waals surface area contributed by atoms with Crippen LogP contribution < -0.4 is 4.74 Å². The lowest BCUT2D eigenvalue weighted by Gasteiger charge is -2.07. The fourth-order valence-electron chi connectivity index (χ4n) is 1.59. The van der Waals surface area contributed by atoms with E-state index in [0.29, 0.717) is 18.1 Å². The molecule has 0 spiro atoms. The minimum absolute atomic E-state index is 0.149. The highest BCUT2D eigenvalue weighted by Gasteiger charge is 2.04. The van der Waals surface area contributed by atoms with Gasteiger partial charge in [-0.05, 0) is 36.5 Å². The Hall–Kier alpha value is -1.31. The van der Waals surface area contributed by atoms with Crippen molar-refractivity contribution in [3.63, 3.8) is 0 Å². The van der Waals surface area contributed by atoms with E-state index in [1.165, 1.54) is 5.56 Å². The normalized spacial score (nSPS) is 10.5. The predicted molar refractivity (Wildman–Crippen MR) is 65.5 cm³/mol. The highest BCUT2D eigenvalue weighted by atomic mass is 16.5. The lowest BCUT2D eigenvalue weighted by molar-refractivity contribution is -0.134. The summed E-state index contributed by atoms with van der Waals surface area (Å²) >= 11 is 0. The van der Waals surface area contributed by atoms with Crippen molar-refractivity contribution >= 4 is 5.97 Å². The van der Waals surface area contributed by atoms with Gasteiger partial charge in [-0.25, -0.2) is 0 Å². The summed E-state index contributed by atoms with van der Waals surface area (Å²) in [5.74, 6) is 1.13. The lowest BCUT2D eigenvalue weighted by atomic mass is 10.0. The summed E-state index contributed by atoms with van der Waals surface area (Å²) in [7, 11) is 0. The lowest BCUT2D eigenvalue weighted by Crippen LogP contribution is -2.07.